The Labute approximate surface area is 313 Å². The molecule has 54 heavy (non-hydrogen) atoms. The summed E-state index contributed by atoms with van der Waals surface area (Å²) in [5, 5.41) is 1.78. The van der Waals surface area contributed by atoms with Crippen molar-refractivity contribution in [3.05, 3.63) is 133 Å². The Bertz CT molecular complexity index is 2030. The highest BCUT2D eigenvalue weighted by Gasteiger charge is 2.19. The molecule has 0 N–H and O–H groups in total. The van der Waals surface area contributed by atoms with Crippen LogP contribution in [0.15, 0.2) is 111 Å². The number of carbonyl (C=O) groups excluding carboxylic acids is 5. The summed E-state index contributed by atoms with van der Waals surface area (Å²) in [6.45, 7) is 12.3. The number of hydrogen-bond acceptors (Lipinski definition) is 11. The van der Waals surface area contributed by atoms with Gasteiger partial charge in [-0.2, -0.15) is 0 Å². The molecule has 4 aromatic rings. The number of esters is 5. The Balaban J connectivity index is 1.38. The average molecular weight is 735 g/mol. The van der Waals surface area contributed by atoms with E-state index in [2.05, 4.69) is 19.7 Å². The molecule has 0 fully saturated rings. The van der Waals surface area contributed by atoms with Crippen LogP contribution in [-0.2, 0) is 36.9 Å². The SMILES string of the molecule is C=COC(=O)CCCCCCOc1ccc2cc(OC(=O)c3ccc(OC(=O)c4ccc(OC(=O)C=C)c(COC(=O)C=C)c4)c(CCC)c3)ccc2c1. The van der Waals surface area contributed by atoms with Crippen LogP contribution in [0.2, 0.25) is 0 Å². The van der Waals surface area contributed by atoms with Crippen molar-refractivity contribution in [2.45, 2.75) is 58.5 Å². The maximum Gasteiger partial charge on any atom is 0.343 e. The normalized spacial score (nSPS) is 10.5. The molecule has 0 unspecified atom stereocenters. The number of rotatable bonds is 20. The Kier molecular flexibility index (Phi) is 15.3. The quantitative estimate of drug-likeness (QED) is 0.0283. The molecule has 0 saturated carbocycles. The van der Waals surface area contributed by atoms with Gasteiger partial charge in [-0.05, 0) is 96.3 Å². The molecule has 0 aromatic heterocycles. The van der Waals surface area contributed by atoms with Gasteiger partial charge in [-0.25, -0.2) is 19.2 Å². The van der Waals surface area contributed by atoms with E-state index in [0.717, 1.165) is 60.6 Å². The number of carbonyl (C=O) groups is 5. The molecule has 0 aliphatic carbocycles. The fourth-order valence-electron chi connectivity index (χ4n) is 5.29. The van der Waals surface area contributed by atoms with Gasteiger partial charge < -0.3 is 28.4 Å². The van der Waals surface area contributed by atoms with E-state index in [1.807, 2.05) is 31.2 Å². The number of hydrogen-bond donors (Lipinski definition) is 0. The summed E-state index contributed by atoms with van der Waals surface area (Å²) in [6.07, 6.45) is 8.14. The molecule has 0 radical (unpaired) electrons. The average Bonchev–Trinajstić information content (AvgIpc) is 3.17. The van der Waals surface area contributed by atoms with Crippen LogP contribution in [0.3, 0.4) is 0 Å². The van der Waals surface area contributed by atoms with Crippen LogP contribution in [0, 0.1) is 0 Å². The van der Waals surface area contributed by atoms with Crippen LogP contribution >= 0.6 is 0 Å². The van der Waals surface area contributed by atoms with Crippen LogP contribution < -0.4 is 18.9 Å². The standard InChI is InChI=1S/C43H42O11/c1-5-13-31-24-32(17-21-37(31)54-43(48)33-18-22-38(53-40(45)7-3)34(25-33)28-51-39(44)6-2)42(47)52-36-20-16-29-26-35(19-15-30(29)27-36)50-23-12-10-9-11-14-41(46)49-8-4/h6-8,15-22,24-27H,2-5,9-14,23,28H2,1H3. The minimum Gasteiger partial charge on any atom is -0.494 e. The molecule has 11 nitrogen and oxygen atoms in total. The summed E-state index contributed by atoms with van der Waals surface area (Å²) in [6, 6.07) is 19.9. The third kappa shape index (κ3) is 12.0. The maximum absolute atomic E-state index is 13.2. The van der Waals surface area contributed by atoms with E-state index in [-0.39, 0.29) is 40.8 Å². The molecule has 0 aliphatic rings. The molecule has 0 saturated heterocycles. The van der Waals surface area contributed by atoms with Gasteiger partial charge in [0.15, 0.2) is 0 Å². The largest absolute Gasteiger partial charge is 0.494 e. The van der Waals surface area contributed by atoms with Crippen LogP contribution in [0.5, 0.6) is 23.0 Å². The first-order chi connectivity index (χ1) is 26.1. The van der Waals surface area contributed by atoms with Crippen LogP contribution in [0.25, 0.3) is 10.8 Å². The number of aryl methyl sites for hydroxylation is 1. The lowest BCUT2D eigenvalue weighted by atomic mass is 10.0. The zero-order valence-corrected chi connectivity index (χ0v) is 30.1. The Morgan fingerprint density at radius 2 is 1.24 bits per heavy atom. The third-order valence-electron chi connectivity index (χ3n) is 7.98. The smallest absolute Gasteiger partial charge is 0.343 e. The van der Waals surface area contributed by atoms with Gasteiger partial charge in [-0.3, -0.25) is 4.79 Å². The molecule has 4 aromatic carbocycles. The van der Waals surface area contributed by atoms with E-state index >= 15 is 0 Å². The van der Waals surface area contributed by atoms with Crippen LogP contribution in [0.1, 0.15) is 77.3 Å². The van der Waals surface area contributed by atoms with E-state index < -0.39 is 23.9 Å². The Morgan fingerprint density at radius 1 is 0.630 bits per heavy atom. The summed E-state index contributed by atoms with van der Waals surface area (Å²) in [7, 11) is 0. The van der Waals surface area contributed by atoms with Gasteiger partial charge in [-0.1, -0.05) is 58.1 Å². The van der Waals surface area contributed by atoms with Crippen LogP contribution in [0.4, 0.5) is 0 Å². The first-order valence-electron chi connectivity index (χ1n) is 17.4. The van der Waals surface area contributed by atoms with E-state index in [1.165, 1.54) is 30.3 Å². The maximum atomic E-state index is 13.2. The monoisotopic (exact) mass is 734 g/mol. The van der Waals surface area contributed by atoms with Gasteiger partial charge in [-0.15, -0.1) is 0 Å². The van der Waals surface area contributed by atoms with Gasteiger partial charge in [0.1, 0.15) is 29.6 Å². The molecule has 0 bridgehead atoms. The molecule has 11 heteroatoms. The Morgan fingerprint density at radius 3 is 1.91 bits per heavy atom. The van der Waals surface area contributed by atoms with E-state index in [1.54, 1.807) is 18.2 Å². The molecule has 0 amide bonds. The summed E-state index contributed by atoms with van der Waals surface area (Å²) in [4.78, 5) is 61.3. The van der Waals surface area contributed by atoms with Crippen molar-refractivity contribution in [1.29, 1.82) is 0 Å². The third-order valence-corrected chi connectivity index (χ3v) is 7.98. The number of fused-ring (bicyclic) bond motifs is 1. The van der Waals surface area contributed by atoms with Crippen molar-refractivity contribution in [1.82, 2.24) is 0 Å². The van der Waals surface area contributed by atoms with Crippen molar-refractivity contribution in [3.63, 3.8) is 0 Å². The predicted octanol–water partition coefficient (Wildman–Crippen LogP) is 8.57. The second kappa shape index (κ2) is 20.5. The summed E-state index contributed by atoms with van der Waals surface area (Å²) in [5.74, 6) is -1.57. The molecular formula is C43H42O11. The lowest BCUT2D eigenvalue weighted by Crippen LogP contribution is -2.13. The molecule has 280 valence electrons. The highest BCUT2D eigenvalue weighted by Crippen LogP contribution is 2.28. The molecular weight excluding hydrogens is 692 g/mol. The first kappa shape index (κ1) is 40.3. The molecule has 0 heterocycles. The van der Waals surface area contributed by atoms with Gasteiger partial charge in [0, 0.05) is 24.1 Å². The van der Waals surface area contributed by atoms with E-state index in [0.29, 0.717) is 37.2 Å². The fraction of sp³-hybridized carbons (Fsp3) is 0.233. The molecule has 0 aliphatic heterocycles. The van der Waals surface area contributed by atoms with Gasteiger partial charge in [0.25, 0.3) is 0 Å². The van der Waals surface area contributed by atoms with Gasteiger partial charge in [0.2, 0.25) is 0 Å². The van der Waals surface area contributed by atoms with E-state index in [4.69, 9.17) is 28.4 Å². The molecule has 0 atom stereocenters. The van der Waals surface area contributed by atoms with Crippen molar-refractivity contribution in [2.24, 2.45) is 0 Å². The lowest BCUT2D eigenvalue weighted by Gasteiger charge is -2.14. The van der Waals surface area contributed by atoms with Crippen molar-refractivity contribution < 1.29 is 52.4 Å². The van der Waals surface area contributed by atoms with Gasteiger partial charge >= 0.3 is 29.8 Å². The number of benzene rings is 4. The zero-order chi connectivity index (χ0) is 38.9. The minimum atomic E-state index is -0.729. The molecule has 0 spiro atoms. The first-order valence-corrected chi connectivity index (χ1v) is 17.4. The second-order valence-corrected chi connectivity index (χ2v) is 12.0. The predicted molar refractivity (Wildman–Crippen MR) is 201 cm³/mol. The van der Waals surface area contributed by atoms with Crippen molar-refractivity contribution >= 4 is 40.6 Å². The van der Waals surface area contributed by atoms with Crippen LogP contribution in [-0.4, -0.2) is 36.5 Å². The van der Waals surface area contributed by atoms with Crippen molar-refractivity contribution in [2.75, 3.05) is 6.61 Å². The minimum absolute atomic E-state index is 0.0780. The zero-order valence-electron chi connectivity index (χ0n) is 30.1. The molecule has 4 rings (SSSR count). The highest BCUT2D eigenvalue weighted by molar-refractivity contribution is 5.94. The Hall–Kier alpha value is -6.49. The lowest BCUT2D eigenvalue weighted by molar-refractivity contribution is -0.139. The van der Waals surface area contributed by atoms with E-state index in [9.17, 15) is 24.0 Å². The fourth-order valence-corrected chi connectivity index (χ4v) is 5.29. The second-order valence-electron chi connectivity index (χ2n) is 12.0. The summed E-state index contributed by atoms with van der Waals surface area (Å²) in [5.41, 5.74) is 1.25. The number of unbranched alkanes of at least 4 members (excludes halogenated alkanes) is 3. The summed E-state index contributed by atoms with van der Waals surface area (Å²) < 4.78 is 32.4. The summed E-state index contributed by atoms with van der Waals surface area (Å²) >= 11 is 0. The number of ether oxygens (including phenoxy) is 6. The topological polar surface area (TPSA) is 141 Å². The highest BCUT2D eigenvalue weighted by atomic mass is 16.6. The van der Waals surface area contributed by atoms with Crippen molar-refractivity contribution in [3.8, 4) is 23.0 Å². The van der Waals surface area contributed by atoms with Gasteiger partial charge in [0.05, 0.1) is 24.0 Å².